The monoisotopic (exact) mass is 197 g/mol. The van der Waals surface area contributed by atoms with Crippen molar-refractivity contribution in [1.82, 2.24) is 4.90 Å². The quantitative estimate of drug-likeness (QED) is 0.563. The van der Waals surface area contributed by atoms with Crippen LogP contribution in [0.25, 0.3) is 0 Å². The molecule has 0 aromatic heterocycles. The van der Waals surface area contributed by atoms with Crippen molar-refractivity contribution < 1.29 is 0 Å². The van der Waals surface area contributed by atoms with Gasteiger partial charge < -0.3 is 4.90 Å². The van der Waals surface area contributed by atoms with Gasteiger partial charge in [0.15, 0.2) is 0 Å². The molecular weight excluding hydrogens is 170 g/mol. The highest BCUT2D eigenvalue weighted by molar-refractivity contribution is 4.96. The number of rotatable bonds is 8. The maximum absolute atomic E-state index is 2.49. The summed E-state index contributed by atoms with van der Waals surface area (Å²) in [5.41, 5.74) is 1.50. The molecule has 0 aliphatic heterocycles. The molecule has 14 heavy (non-hydrogen) atoms. The lowest BCUT2D eigenvalue weighted by Gasteiger charge is -2.21. The second-order valence-electron chi connectivity index (χ2n) is 4.07. The lowest BCUT2D eigenvalue weighted by atomic mass is 10.2. The second kappa shape index (κ2) is 9.11. The average molecular weight is 197 g/mol. The van der Waals surface area contributed by atoms with E-state index in [2.05, 4.69) is 38.8 Å². The third kappa shape index (κ3) is 6.99. The summed E-state index contributed by atoms with van der Waals surface area (Å²) in [5, 5.41) is 0. The Morgan fingerprint density at radius 1 is 1.00 bits per heavy atom. The highest BCUT2D eigenvalue weighted by Gasteiger charge is 1.98. The predicted octanol–water partition coefficient (Wildman–Crippen LogP) is 4.20. The van der Waals surface area contributed by atoms with Gasteiger partial charge in [-0.25, -0.2) is 0 Å². The molecule has 0 bridgehead atoms. The Bertz CT molecular complexity index is 141. The van der Waals surface area contributed by atoms with E-state index in [4.69, 9.17) is 0 Å². The summed E-state index contributed by atoms with van der Waals surface area (Å²) < 4.78 is 0. The third-order valence-corrected chi connectivity index (χ3v) is 2.56. The van der Waals surface area contributed by atoms with Crippen LogP contribution in [-0.2, 0) is 0 Å². The van der Waals surface area contributed by atoms with E-state index in [-0.39, 0.29) is 0 Å². The van der Waals surface area contributed by atoms with Crippen LogP contribution >= 0.6 is 0 Å². The molecule has 0 aliphatic rings. The van der Waals surface area contributed by atoms with Gasteiger partial charge in [-0.3, -0.25) is 0 Å². The Hall–Kier alpha value is -0.460. The zero-order valence-electron chi connectivity index (χ0n) is 10.5. The first kappa shape index (κ1) is 13.5. The number of allylic oxidation sites excluding steroid dienone is 1. The van der Waals surface area contributed by atoms with Crippen LogP contribution in [0.1, 0.15) is 59.8 Å². The fourth-order valence-corrected chi connectivity index (χ4v) is 1.37. The summed E-state index contributed by atoms with van der Waals surface area (Å²) in [7, 11) is 0. The van der Waals surface area contributed by atoms with Crippen LogP contribution in [-0.4, -0.2) is 18.0 Å². The fourth-order valence-electron chi connectivity index (χ4n) is 1.37. The van der Waals surface area contributed by atoms with E-state index in [1.807, 2.05) is 0 Å². The van der Waals surface area contributed by atoms with Gasteiger partial charge in [0, 0.05) is 13.1 Å². The van der Waals surface area contributed by atoms with Crippen LogP contribution < -0.4 is 0 Å². The number of hydrogen-bond acceptors (Lipinski definition) is 1. The third-order valence-electron chi connectivity index (χ3n) is 2.56. The lowest BCUT2D eigenvalue weighted by molar-refractivity contribution is 0.357. The zero-order valence-corrected chi connectivity index (χ0v) is 10.5. The van der Waals surface area contributed by atoms with Gasteiger partial charge in [0.25, 0.3) is 0 Å². The van der Waals surface area contributed by atoms with E-state index in [0.29, 0.717) is 0 Å². The molecule has 0 saturated carbocycles. The van der Waals surface area contributed by atoms with Gasteiger partial charge in [-0.1, -0.05) is 39.2 Å². The Morgan fingerprint density at radius 2 is 1.50 bits per heavy atom. The molecule has 0 saturated heterocycles. The maximum atomic E-state index is 2.49. The van der Waals surface area contributed by atoms with Crippen molar-refractivity contribution in [2.75, 3.05) is 13.1 Å². The number of hydrogen-bond donors (Lipinski definition) is 0. The molecule has 1 nitrogen and oxygen atoms in total. The van der Waals surface area contributed by atoms with Crippen LogP contribution in [0.4, 0.5) is 0 Å². The van der Waals surface area contributed by atoms with Gasteiger partial charge in [-0.05, 0) is 32.4 Å². The molecule has 0 aliphatic carbocycles. The molecule has 1 heteroatoms. The molecule has 0 amide bonds. The minimum Gasteiger partial charge on any atom is -0.377 e. The molecule has 0 radical (unpaired) electrons. The molecule has 0 unspecified atom stereocenters. The van der Waals surface area contributed by atoms with E-state index < -0.39 is 0 Å². The van der Waals surface area contributed by atoms with Gasteiger partial charge in [-0.15, -0.1) is 0 Å². The molecule has 0 aromatic rings. The van der Waals surface area contributed by atoms with Crippen molar-refractivity contribution in [3.63, 3.8) is 0 Å². The summed E-state index contributed by atoms with van der Waals surface area (Å²) in [5.74, 6) is 0. The van der Waals surface area contributed by atoms with E-state index >= 15 is 0 Å². The molecule has 0 atom stereocenters. The van der Waals surface area contributed by atoms with Crippen LogP contribution in [0.15, 0.2) is 11.8 Å². The average Bonchev–Trinajstić information content (AvgIpc) is 2.21. The highest BCUT2D eigenvalue weighted by Crippen LogP contribution is 2.05. The summed E-state index contributed by atoms with van der Waals surface area (Å²) >= 11 is 0. The maximum Gasteiger partial charge on any atom is 0.0172 e. The van der Waals surface area contributed by atoms with Gasteiger partial charge >= 0.3 is 0 Å². The Balaban J connectivity index is 3.95. The molecule has 84 valence electrons. The van der Waals surface area contributed by atoms with E-state index in [0.717, 1.165) is 0 Å². The van der Waals surface area contributed by atoms with Crippen LogP contribution in [0.2, 0.25) is 0 Å². The topological polar surface area (TPSA) is 3.24 Å². The van der Waals surface area contributed by atoms with E-state index in [1.165, 1.54) is 50.8 Å². The summed E-state index contributed by atoms with van der Waals surface area (Å²) in [6.45, 7) is 11.4. The van der Waals surface area contributed by atoms with Crippen molar-refractivity contribution in [2.24, 2.45) is 0 Å². The standard InChI is InChI=1S/C13H27N/c1-5-8-10-14(11-9-6-2)12-13(4)7-3/h12H,5-11H2,1-4H3/b13-12+. The van der Waals surface area contributed by atoms with Crippen molar-refractivity contribution in [3.8, 4) is 0 Å². The minimum atomic E-state index is 1.18. The van der Waals surface area contributed by atoms with Crippen molar-refractivity contribution in [1.29, 1.82) is 0 Å². The molecule has 0 N–H and O–H groups in total. The van der Waals surface area contributed by atoms with Crippen molar-refractivity contribution in [3.05, 3.63) is 11.8 Å². The van der Waals surface area contributed by atoms with Gasteiger partial charge in [0.1, 0.15) is 0 Å². The molecule has 0 fully saturated rings. The molecule has 0 aromatic carbocycles. The van der Waals surface area contributed by atoms with E-state index in [1.54, 1.807) is 0 Å². The van der Waals surface area contributed by atoms with Crippen LogP contribution in [0.5, 0.6) is 0 Å². The fraction of sp³-hybridized carbons (Fsp3) is 0.846. The highest BCUT2D eigenvalue weighted by atomic mass is 15.1. The van der Waals surface area contributed by atoms with Crippen LogP contribution in [0, 0.1) is 0 Å². The van der Waals surface area contributed by atoms with Gasteiger partial charge in [0.05, 0.1) is 0 Å². The summed E-state index contributed by atoms with van der Waals surface area (Å²) in [6, 6.07) is 0. The first-order chi connectivity index (χ1) is 6.74. The zero-order chi connectivity index (χ0) is 10.8. The van der Waals surface area contributed by atoms with Crippen molar-refractivity contribution in [2.45, 2.75) is 59.8 Å². The first-order valence-corrected chi connectivity index (χ1v) is 6.15. The Kier molecular flexibility index (Phi) is 8.81. The molecule has 0 heterocycles. The SMILES string of the molecule is CCCCN(/C=C(\C)CC)CCCC. The van der Waals surface area contributed by atoms with E-state index in [9.17, 15) is 0 Å². The Labute approximate surface area is 90.2 Å². The molecular formula is C13H27N. The first-order valence-electron chi connectivity index (χ1n) is 6.15. The molecule has 0 spiro atoms. The predicted molar refractivity (Wildman–Crippen MR) is 65.4 cm³/mol. The largest absolute Gasteiger partial charge is 0.377 e. The normalized spacial score (nSPS) is 11.9. The lowest BCUT2D eigenvalue weighted by Crippen LogP contribution is -2.20. The van der Waals surface area contributed by atoms with Crippen LogP contribution in [0.3, 0.4) is 0 Å². The number of nitrogens with zero attached hydrogens (tertiary/aromatic N) is 1. The minimum absolute atomic E-state index is 1.18. The number of unbranched alkanes of at least 4 members (excludes halogenated alkanes) is 2. The smallest absolute Gasteiger partial charge is 0.0172 e. The molecule has 0 rings (SSSR count). The van der Waals surface area contributed by atoms with Gasteiger partial charge in [0.2, 0.25) is 0 Å². The second-order valence-corrected chi connectivity index (χ2v) is 4.07. The Morgan fingerprint density at radius 3 is 1.86 bits per heavy atom. The van der Waals surface area contributed by atoms with Crippen molar-refractivity contribution >= 4 is 0 Å². The summed E-state index contributed by atoms with van der Waals surface area (Å²) in [4.78, 5) is 2.49. The van der Waals surface area contributed by atoms with Gasteiger partial charge in [-0.2, -0.15) is 0 Å². The summed E-state index contributed by atoms with van der Waals surface area (Å²) in [6.07, 6.45) is 8.75.